The van der Waals surface area contributed by atoms with E-state index in [9.17, 15) is 9.59 Å². The first-order valence-electron chi connectivity index (χ1n) is 8.81. The largest absolute Gasteiger partial charge is 0.465 e. The number of rotatable bonds is 4. The molecule has 1 aliphatic heterocycles. The molecule has 2 aromatic rings. The number of nitrogens with one attached hydrogen (secondary N) is 1. The average Bonchev–Trinajstić information content (AvgIpc) is 2.69. The number of piperazine rings is 1. The molecule has 0 atom stereocenters. The van der Waals surface area contributed by atoms with E-state index in [4.69, 9.17) is 27.9 Å². The number of hydrogen-bond donors (Lipinski definition) is 1. The number of carbonyl (C=O) groups excluding carboxylic acids is 2. The second kappa shape index (κ2) is 8.82. The van der Waals surface area contributed by atoms with Crippen molar-refractivity contribution in [3.05, 3.63) is 57.6 Å². The molecule has 0 unspecified atom stereocenters. The van der Waals surface area contributed by atoms with Gasteiger partial charge in [0, 0.05) is 31.2 Å². The highest BCUT2D eigenvalue weighted by Gasteiger charge is 2.21. The number of benzene rings is 2. The van der Waals surface area contributed by atoms with Gasteiger partial charge in [-0.2, -0.15) is 0 Å². The smallest absolute Gasteiger partial charge is 0.337 e. The minimum Gasteiger partial charge on any atom is -0.465 e. The molecule has 1 fully saturated rings. The van der Waals surface area contributed by atoms with E-state index in [1.54, 1.807) is 24.3 Å². The first-order valence-corrected chi connectivity index (χ1v) is 9.57. The van der Waals surface area contributed by atoms with Crippen LogP contribution >= 0.6 is 23.2 Å². The van der Waals surface area contributed by atoms with Crippen molar-refractivity contribution in [1.82, 2.24) is 4.90 Å². The standard InChI is InChI=1S/C20H21Cl2N3O3/c1-24-7-9-25(10-8-24)18-6-3-13(20(27)28-2)11-17(18)23-19(26)15-12-14(21)4-5-16(15)22/h3-6,11-12H,7-10H2,1-2H3,(H,23,26). The molecule has 0 aliphatic carbocycles. The van der Waals surface area contributed by atoms with Crippen molar-refractivity contribution in [2.75, 3.05) is 50.6 Å². The molecule has 0 bridgehead atoms. The number of hydrogen-bond acceptors (Lipinski definition) is 5. The highest BCUT2D eigenvalue weighted by molar-refractivity contribution is 6.36. The van der Waals surface area contributed by atoms with E-state index in [1.807, 2.05) is 6.07 Å². The predicted octanol–water partition coefficient (Wildman–Crippen LogP) is 3.78. The van der Waals surface area contributed by atoms with Crippen molar-refractivity contribution >= 4 is 46.5 Å². The lowest BCUT2D eigenvalue weighted by atomic mass is 10.1. The van der Waals surface area contributed by atoms with E-state index in [2.05, 4.69) is 22.2 Å². The molecule has 1 N–H and O–H groups in total. The van der Waals surface area contributed by atoms with Crippen LogP contribution in [0.5, 0.6) is 0 Å². The lowest BCUT2D eigenvalue weighted by molar-refractivity contribution is 0.0600. The van der Waals surface area contributed by atoms with Gasteiger partial charge in [0.2, 0.25) is 0 Å². The first kappa shape index (κ1) is 20.5. The quantitative estimate of drug-likeness (QED) is 0.760. The summed E-state index contributed by atoms with van der Waals surface area (Å²) < 4.78 is 4.80. The van der Waals surface area contributed by atoms with E-state index >= 15 is 0 Å². The molecule has 3 rings (SSSR count). The summed E-state index contributed by atoms with van der Waals surface area (Å²) in [6.07, 6.45) is 0. The molecule has 28 heavy (non-hydrogen) atoms. The van der Waals surface area contributed by atoms with E-state index in [-0.39, 0.29) is 5.56 Å². The van der Waals surface area contributed by atoms with Gasteiger partial charge in [-0.15, -0.1) is 0 Å². The van der Waals surface area contributed by atoms with Crippen LogP contribution in [-0.2, 0) is 4.74 Å². The number of ether oxygens (including phenoxy) is 1. The SMILES string of the molecule is COC(=O)c1ccc(N2CCN(C)CC2)c(NC(=O)c2cc(Cl)ccc2Cl)c1. The van der Waals surface area contributed by atoms with Crippen LogP contribution in [0, 0.1) is 0 Å². The normalized spacial score (nSPS) is 14.6. The Kier molecular flexibility index (Phi) is 6.44. The van der Waals surface area contributed by atoms with E-state index in [0.717, 1.165) is 31.9 Å². The number of halogens is 2. The van der Waals surface area contributed by atoms with Crippen molar-refractivity contribution in [3.63, 3.8) is 0 Å². The Bertz CT molecular complexity index is 896. The Hall–Kier alpha value is -2.28. The third-order valence-electron chi connectivity index (χ3n) is 4.68. The van der Waals surface area contributed by atoms with Crippen LogP contribution in [0.4, 0.5) is 11.4 Å². The summed E-state index contributed by atoms with van der Waals surface area (Å²) in [5.41, 5.74) is 1.98. The molecular weight excluding hydrogens is 401 g/mol. The van der Waals surface area contributed by atoms with Crippen LogP contribution < -0.4 is 10.2 Å². The number of anilines is 2. The van der Waals surface area contributed by atoms with Crippen LogP contribution in [0.2, 0.25) is 10.0 Å². The summed E-state index contributed by atoms with van der Waals surface area (Å²) in [4.78, 5) is 29.2. The Morgan fingerprint density at radius 2 is 1.75 bits per heavy atom. The lowest BCUT2D eigenvalue weighted by Crippen LogP contribution is -2.44. The number of amides is 1. The minimum atomic E-state index is -0.471. The zero-order valence-corrected chi connectivity index (χ0v) is 17.2. The molecule has 0 saturated carbocycles. The van der Waals surface area contributed by atoms with Crippen molar-refractivity contribution in [3.8, 4) is 0 Å². The number of esters is 1. The molecule has 2 aromatic carbocycles. The number of nitrogens with zero attached hydrogens (tertiary/aromatic N) is 2. The van der Waals surface area contributed by atoms with Gasteiger partial charge in [-0.25, -0.2) is 4.79 Å². The van der Waals surface area contributed by atoms with Gasteiger partial charge in [0.15, 0.2) is 0 Å². The van der Waals surface area contributed by atoms with Gasteiger partial charge in [-0.1, -0.05) is 23.2 Å². The molecule has 0 spiro atoms. The van der Waals surface area contributed by atoms with Gasteiger partial charge >= 0.3 is 5.97 Å². The van der Waals surface area contributed by atoms with Gasteiger partial charge in [0.25, 0.3) is 5.91 Å². The lowest BCUT2D eigenvalue weighted by Gasteiger charge is -2.35. The molecular formula is C20H21Cl2N3O3. The Labute approximate surface area is 174 Å². The summed E-state index contributed by atoms with van der Waals surface area (Å²) in [7, 11) is 3.39. The molecule has 0 aromatic heterocycles. The van der Waals surface area contributed by atoms with Crippen molar-refractivity contribution in [2.24, 2.45) is 0 Å². The third-order valence-corrected chi connectivity index (χ3v) is 5.25. The van der Waals surface area contributed by atoms with Gasteiger partial charge in [-0.05, 0) is 43.4 Å². The van der Waals surface area contributed by atoms with Gasteiger partial charge in [0.05, 0.1) is 34.6 Å². The zero-order chi connectivity index (χ0) is 20.3. The molecule has 1 heterocycles. The summed E-state index contributed by atoms with van der Waals surface area (Å²) in [6.45, 7) is 3.45. The van der Waals surface area contributed by atoms with Gasteiger partial charge in [-0.3, -0.25) is 4.79 Å². The van der Waals surface area contributed by atoms with E-state index < -0.39 is 11.9 Å². The topological polar surface area (TPSA) is 61.9 Å². The molecule has 1 amide bonds. The summed E-state index contributed by atoms with van der Waals surface area (Å²) >= 11 is 12.2. The maximum atomic E-state index is 12.8. The monoisotopic (exact) mass is 421 g/mol. The van der Waals surface area contributed by atoms with Crippen LogP contribution in [0.3, 0.4) is 0 Å². The molecule has 148 valence electrons. The number of carbonyl (C=O) groups is 2. The maximum absolute atomic E-state index is 12.8. The van der Waals surface area contributed by atoms with Crippen LogP contribution in [0.25, 0.3) is 0 Å². The molecule has 0 radical (unpaired) electrons. The Morgan fingerprint density at radius 3 is 2.43 bits per heavy atom. The summed E-state index contributed by atoms with van der Waals surface area (Å²) in [5.74, 6) is -0.869. The van der Waals surface area contributed by atoms with Crippen LogP contribution in [-0.4, -0.2) is 57.1 Å². The molecule has 1 aliphatic rings. The summed E-state index contributed by atoms with van der Waals surface area (Å²) in [5, 5.41) is 3.59. The molecule has 8 heteroatoms. The average molecular weight is 422 g/mol. The van der Waals surface area contributed by atoms with Gasteiger partial charge < -0.3 is 19.9 Å². The van der Waals surface area contributed by atoms with Crippen molar-refractivity contribution in [2.45, 2.75) is 0 Å². The highest BCUT2D eigenvalue weighted by Crippen LogP contribution is 2.30. The van der Waals surface area contributed by atoms with Gasteiger partial charge in [0.1, 0.15) is 0 Å². The van der Waals surface area contributed by atoms with E-state index in [1.165, 1.54) is 13.2 Å². The maximum Gasteiger partial charge on any atom is 0.337 e. The second-order valence-electron chi connectivity index (χ2n) is 6.59. The summed E-state index contributed by atoms with van der Waals surface area (Å²) in [6, 6.07) is 9.85. The van der Waals surface area contributed by atoms with Crippen molar-refractivity contribution < 1.29 is 14.3 Å². The Balaban J connectivity index is 1.95. The minimum absolute atomic E-state index is 0.266. The number of likely N-dealkylation sites (N-methyl/N-ethyl adjacent to an activating group) is 1. The fourth-order valence-electron chi connectivity index (χ4n) is 3.07. The highest BCUT2D eigenvalue weighted by atomic mass is 35.5. The van der Waals surface area contributed by atoms with Crippen LogP contribution in [0.15, 0.2) is 36.4 Å². The fourth-order valence-corrected chi connectivity index (χ4v) is 3.44. The third kappa shape index (κ3) is 4.58. The molecule has 1 saturated heterocycles. The van der Waals surface area contributed by atoms with E-state index in [0.29, 0.717) is 21.3 Å². The predicted molar refractivity (Wildman–Crippen MR) is 112 cm³/mol. The fraction of sp³-hybridized carbons (Fsp3) is 0.300. The molecule has 6 nitrogen and oxygen atoms in total. The second-order valence-corrected chi connectivity index (χ2v) is 7.44. The van der Waals surface area contributed by atoms with Crippen molar-refractivity contribution in [1.29, 1.82) is 0 Å². The number of methoxy groups -OCH3 is 1. The first-order chi connectivity index (χ1) is 13.4. The van der Waals surface area contributed by atoms with Crippen LogP contribution in [0.1, 0.15) is 20.7 Å². The zero-order valence-electron chi connectivity index (χ0n) is 15.7. The Morgan fingerprint density at radius 1 is 1.04 bits per heavy atom.